The fourth-order valence-corrected chi connectivity index (χ4v) is 2.74. The van der Waals surface area contributed by atoms with Crippen LogP contribution in [-0.2, 0) is 0 Å². The van der Waals surface area contributed by atoms with E-state index in [-0.39, 0.29) is 23.0 Å². The number of hydrogen-bond donors (Lipinski definition) is 2. The van der Waals surface area contributed by atoms with Crippen molar-refractivity contribution in [1.82, 2.24) is 9.88 Å². The molecule has 0 unspecified atom stereocenters. The van der Waals surface area contributed by atoms with Gasteiger partial charge in [0.2, 0.25) is 0 Å². The van der Waals surface area contributed by atoms with Crippen molar-refractivity contribution in [2.75, 3.05) is 5.73 Å². The van der Waals surface area contributed by atoms with Crippen LogP contribution in [0.4, 0.5) is 5.82 Å². The molecule has 124 valence electrons. The number of nitrogens with zero attached hydrogens (tertiary/aromatic N) is 1. The van der Waals surface area contributed by atoms with Crippen molar-refractivity contribution in [2.24, 2.45) is 0 Å². The number of ether oxygens (including phenoxy) is 1. The van der Waals surface area contributed by atoms with E-state index in [1.165, 1.54) is 6.07 Å². The minimum atomic E-state index is -0.635. The molecular weight excluding hydrogens is 334 g/mol. The van der Waals surface area contributed by atoms with Crippen molar-refractivity contribution >= 4 is 29.2 Å². The lowest BCUT2D eigenvalue weighted by atomic mass is 10.1. The van der Waals surface area contributed by atoms with E-state index in [9.17, 15) is 14.4 Å². The lowest BCUT2D eigenvalue weighted by molar-refractivity contribution is 0.0880. The van der Waals surface area contributed by atoms with Gasteiger partial charge in [-0.15, -0.1) is 0 Å². The van der Waals surface area contributed by atoms with Gasteiger partial charge in [-0.25, -0.2) is 0 Å². The molecule has 2 aromatic rings. The molecule has 1 aliphatic heterocycles. The van der Waals surface area contributed by atoms with E-state index >= 15 is 0 Å². The van der Waals surface area contributed by atoms with Crippen molar-refractivity contribution < 1.29 is 14.3 Å². The highest BCUT2D eigenvalue weighted by atomic mass is 35.5. The van der Waals surface area contributed by atoms with Crippen LogP contribution in [-0.4, -0.2) is 22.5 Å². The summed E-state index contributed by atoms with van der Waals surface area (Å²) in [4.78, 5) is 35.9. The molecule has 0 bridgehead atoms. The molecule has 24 heavy (non-hydrogen) atoms. The maximum atomic E-state index is 12.3. The summed E-state index contributed by atoms with van der Waals surface area (Å²) < 4.78 is 6.67. The molecule has 3 rings (SSSR count). The Morgan fingerprint density at radius 2 is 1.88 bits per heavy atom. The number of rotatable bonds is 3. The van der Waals surface area contributed by atoms with Crippen LogP contribution in [0.5, 0.6) is 5.75 Å². The number of nitrogen functional groups attached to an aromatic ring is 1. The number of hydrogen-bond acceptors (Lipinski definition) is 5. The zero-order chi connectivity index (χ0) is 17.6. The third-order valence-electron chi connectivity index (χ3n) is 3.49. The minimum Gasteiger partial charge on any atom is -0.489 e. The quantitative estimate of drug-likeness (QED) is 0.823. The molecule has 0 aliphatic carbocycles. The van der Waals surface area contributed by atoms with Crippen LogP contribution in [0.3, 0.4) is 0 Å². The molecule has 0 saturated carbocycles. The van der Waals surface area contributed by atoms with Gasteiger partial charge in [0.15, 0.2) is 0 Å². The Morgan fingerprint density at radius 3 is 2.50 bits per heavy atom. The van der Waals surface area contributed by atoms with Crippen LogP contribution in [0, 0.1) is 0 Å². The first-order valence-electron chi connectivity index (χ1n) is 7.17. The Kier molecular flexibility index (Phi) is 3.81. The Hall–Kier alpha value is -2.80. The van der Waals surface area contributed by atoms with Gasteiger partial charge in [-0.1, -0.05) is 11.6 Å². The van der Waals surface area contributed by atoms with Crippen molar-refractivity contribution in [3.63, 3.8) is 0 Å². The van der Waals surface area contributed by atoms with E-state index in [1.807, 2.05) is 13.8 Å². The average molecular weight is 348 g/mol. The van der Waals surface area contributed by atoms with E-state index in [1.54, 1.807) is 12.1 Å². The average Bonchev–Trinajstić information content (AvgIpc) is 2.76. The molecular formula is C16H14ClN3O4. The summed E-state index contributed by atoms with van der Waals surface area (Å²) in [5.74, 6) is -0.915. The number of benzene rings is 1. The highest BCUT2D eigenvalue weighted by Gasteiger charge is 2.31. The molecule has 2 amide bonds. The number of carbonyl (C=O) groups excluding carboxylic acids is 2. The summed E-state index contributed by atoms with van der Waals surface area (Å²) in [5, 5.41) is 2.41. The predicted octanol–water partition coefficient (Wildman–Crippen LogP) is 1.74. The fourth-order valence-electron chi connectivity index (χ4n) is 2.52. The third kappa shape index (κ3) is 2.52. The number of anilines is 1. The number of amides is 2. The van der Waals surface area contributed by atoms with Gasteiger partial charge in [0.05, 0.1) is 27.9 Å². The first-order valence-corrected chi connectivity index (χ1v) is 7.55. The molecule has 1 aliphatic rings. The van der Waals surface area contributed by atoms with Crippen molar-refractivity contribution in [3.8, 4) is 11.4 Å². The lowest BCUT2D eigenvalue weighted by Crippen LogP contribution is -2.24. The van der Waals surface area contributed by atoms with Crippen LogP contribution >= 0.6 is 11.6 Å². The van der Waals surface area contributed by atoms with Gasteiger partial charge < -0.3 is 10.5 Å². The normalized spacial score (nSPS) is 13.2. The maximum Gasteiger partial charge on any atom is 0.262 e. The predicted molar refractivity (Wildman–Crippen MR) is 89.0 cm³/mol. The molecule has 2 heterocycles. The molecule has 1 aromatic heterocycles. The van der Waals surface area contributed by atoms with Gasteiger partial charge in [-0.3, -0.25) is 24.3 Å². The molecule has 3 N–H and O–H groups in total. The van der Waals surface area contributed by atoms with E-state index < -0.39 is 17.4 Å². The first-order chi connectivity index (χ1) is 11.3. The lowest BCUT2D eigenvalue weighted by Gasteiger charge is -2.15. The van der Waals surface area contributed by atoms with Crippen LogP contribution in [0.1, 0.15) is 34.6 Å². The second-order valence-corrected chi connectivity index (χ2v) is 5.96. The molecule has 0 saturated heterocycles. The number of carbonyl (C=O) groups is 2. The largest absolute Gasteiger partial charge is 0.489 e. The Labute approximate surface area is 142 Å². The summed E-state index contributed by atoms with van der Waals surface area (Å²) >= 11 is 6.18. The monoisotopic (exact) mass is 347 g/mol. The van der Waals surface area contributed by atoms with Crippen molar-refractivity contribution in [3.05, 3.63) is 50.8 Å². The highest BCUT2D eigenvalue weighted by molar-refractivity contribution is 6.32. The van der Waals surface area contributed by atoms with Gasteiger partial charge in [-0.05, 0) is 32.0 Å². The summed E-state index contributed by atoms with van der Waals surface area (Å²) in [6, 6.07) is 5.81. The molecule has 7 nitrogen and oxygen atoms in total. The van der Waals surface area contributed by atoms with Crippen molar-refractivity contribution in [1.29, 1.82) is 0 Å². The molecule has 0 spiro atoms. The Morgan fingerprint density at radius 1 is 1.17 bits per heavy atom. The van der Waals surface area contributed by atoms with Gasteiger partial charge in [0.1, 0.15) is 11.6 Å². The summed E-state index contributed by atoms with van der Waals surface area (Å²) in [7, 11) is 0. The first kappa shape index (κ1) is 16.1. The molecule has 0 fully saturated rings. The number of imide groups is 1. The maximum absolute atomic E-state index is 12.3. The topological polar surface area (TPSA) is 103 Å². The molecule has 0 atom stereocenters. The number of halogens is 1. The number of aromatic nitrogens is 1. The molecule has 1 aromatic carbocycles. The summed E-state index contributed by atoms with van der Waals surface area (Å²) in [6.45, 7) is 3.73. The zero-order valence-electron chi connectivity index (χ0n) is 12.9. The smallest absolute Gasteiger partial charge is 0.262 e. The standard InChI is InChI=1S/C16H14ClN3O4/c1-7(2)24-11-4-3-8(5-10(11)17)20-12(21)6-9-13(14(20)18)16(23)19-15(9)22/h3-7H,18H2,1-2H3,(H,19,22,23). The van der Waals surface area contributed by atoms with Gasteiger partial charge in [0, 0.05) is 6.07 Å². The van der Waals surface area contributed by atoms with E-state index in [0.717, 1.165) is 10.6 Å². The molecule has 0 radical (unpaired) electrons. The van der Waals surface area contributed by atoms with Gasteiger partial charge in [-0.2, -0.15) is 0 Å². The van der Waals surface area contributed by atoms with E-state index in [2.05, 4.69) is 5.32 Å². The van der Waals surface area contributed by atoms with Crippen LogP contribution in [0.2, 0.25) is 5.02 Å². The third-order valence-corrected chi connectivity index (χ3v) is 3.79. The van der Waals surface area contributed by atoms with Gasteiger partial charge >= 0.3 is 0 Å². The number of fused-ring (bicyclic) bond motifs is 1. The second kappa shape index (κ2) is 5.68. The van der Waals surface area contributed by atoms with Crippen molar-refractivity contribution in [2.45, 2.75) is 20.0 Å². The SMILES string of the molecule is CC(C)Oc1ccc(-n2c(N)c3c(cc2=O)C(=O)NC3=O)cc1Cl. The van der Waals surface area contributed by atoms with E-state index in [0.29, 0.717) is 16.5 Å². The highest BCUT2D eigenvalue weighted by Crippen LogP contribution is 2.29. The number of pyridine rings is 1. The Balaban J connectivity index is 2.16. The van der Waals surface area contributed by atoms with Crippen LogP contribution in [0.15, 0.2) is 29.1 Å². The summed E-state index contributed by atoms with van der Waals surface area (Å²) in [6.07, 6.45) is -0.0594. The van der Waals surface area contributed by atoms with Gasteiger partial charge in [0.25, 0.3) is 17.4 Å². The van der Waals surface area contributed by atoms with E-state index in [4.69, 9.17) is 22.1 Å². The fraction of sp³-hybridized carbons (Fsp3) is 0.188. The minimum absolute atomic E-state index is 0.0155. The molecule has 8 heteroatoms. The summed E-state index contributed by atoms with van der Waals surface area (Å²) in [5.41, 5.74) is 5.76. The zero-order valence-corrected chi connectivity index (χ0v) is 13.7. The number of nitrogens with two attached hydrogens (primary N) is 1. The van der Waals surface area contributed by atoms with Crippen LogP contribution in [0.25, 0.3) is 5.69 Å². The van der Waals surface area contributed by atoms with Crippen LogP contribution < -0.4 is 21.3 Å². The Bertz CT molecular complexity index is 934. The second-order valence-electron chi connectivity index (χ2n) is 5.56. The number of nitrogens with one attached hydrogen (secondary N) is 1.